The van der Waals surface area contributed by atoms with Gasteiger partial charge in [0.15, 0.2) is 0 Å². The topological polar surface area (TPSA) is 25.8 Å². The molecule has 2 heteroatoms. The maximum Gasteiger partial charge on any atom is 0.0714 e. The lowest BCUT2D eigenvalue weighted by atomic mass is 9.67. The van der Waals surface area contributed by atoms with Crippen molar-refractivity contribution in [3.05, 3.63) is 166 Å². The standard InChI is InChI=1S/C43H32N2/c1-25-7-13-35-36-14-8-26(2)18-38(36)43(37(35)17-25,33-11-15-39-31(23-33)21-29-9-5-27(3)19-41(29)44-39)34-12-16-40-32(24-34)22-30-10-6-28(4)20-42(30)45-40/h5-24H,1-4H3. The van der Waals surface area contributed by atoms with Gasteiger partial charge in [-0.15, -0.1) is 0 Å². The second-order valence-electron chi connectivity index (χ2n) is 13.0. The van der Waals surface area contributed by atoms with Gasteiger partial charge in [0.05, 0.1) is 27.5 Å². The van der Waals surface area contributed by atoms with Gasteiger partial charge in [0.2, 0.25) is 0 Å². The van der Waals surface area contributed by atoms with Crippen LogP contribution >= 0.6 is 0 Å². The van der Waals surface area contributed by atoms with Gasteiger partial charge in [0.25, 0.3) is 0 Å². The lowest BCUT2D eigenvalue weighted by Gasteiger charge is -2.34. The lowest BCUT2D eigenvalue weighted by molar-refractivity contribution is 0.769. The molecule has 0 unspecified atom stereocenters. The summed E-state index contributed by atoms with van der Waals surface area (Å²) < 4.78 is 0. The molecule has 0 fully saturated rings. The first-order valence-electron chi connectivity index (χ1n) is 15.7. The molecule has 1 aliphatic carbocycles. The summed E-state index contributed by atoms with van der Waals surface area (Å²) in [6.45, 7) is 8.66. The Morgan fingerprint density at radius 1 is 0.356 bits per heavy atom. The van der Waals surface area contributed by atoms with Crippen molar-refractivity contribution >= 4 is 43.6 Å². The Kier molecular flexibility index (Phi) is 5.41. The number of aromatic nitrogens is 2. The summed E-state index contributed by atoms with van der Waals surface area (Å²) in [5, 5.41) is 4.64. The largest absolute Gasteiger partial charge is 0.248 e. The van der Waals surface area contributed by atoms with Crippen LogP contribution in [0.5, 0.6) is 0 Å². The van der Waals surface area contributed by atoms with Gasteiger partial charge in [-0.05, 0) is 121 Å². The summed E-state index contributed by atoms with van der Waals surface area (Å²) in [5.74, 6) is 0. The number of nitrogens with zero attached hydrogens (tertiary/aromatic N) is 2. The molecule has 6 aromatic carbocycles. The molecular formula is C43H32N2. The van der Waals surface area contributed by atoms with Crippen LogP contribution in [0.25, 0.3) is 54.7 Å². The number of hydrogen-bond donors (Lipinski definition) is 0. The molecule has 2 nitrogen and oxygen atoms in total. The molecule has 0 amide bonds. The van der Waals surface area contributed by atoms with E-state index in [1.54, 1.807) is 0 Å². The van der Waals surface area contributed by atoms with E-state index in [1.165, 1.54) is 55.6 Å². The average Bonchev–Trinajstić information content (AvgIpc) is 3.31. The van der Waals surface area contributed by atoms with E-state index in [1.807, 2.05) is 0 Å². The van der Waals surface area contributed by atoms with E-state index in [0.29, 0.717) is 0 Å². The quantitative estimate of drug-likeness (QED) is 0.191. The summed E-state index contributed by atoms with van der Waals surface area (Å²) in [4.78, 5) is 10.2. The molecule has 0 aliphatic heterocycles. The third-order valence-electron chi connectivity index (χ3n) is 9.85. The highest BCUT2D eigenvalue weighted by Crippen LogP contribution is 2.57. The molecule has 0 N–H and O–H groups in total. The molecule has 9 rings (SSSR count). The second-order valence-corrected chi connectivity index (χ2v) is 13.0. The molecule has 1 aliphatic rings. The Balaban J connectivity index is 1.40. The van der Waals surface area contributed by atoms with E-state index < -0.39 is 5.41 Å². The summed E-state index contributed by atoms with van der Waals surface area (Å²) in [7, 11) is 0. The monoisotopic (exact) mass is 576 g/mol. The van der Waals surface area contributed by atoms with Crippen LogP contribution in [-0.2, 0) is 5.41 Å². The molecule has 2 heterocycles. The number of rotatable bonds is 2. The summed E-state index contributed by atoms with van der Waals surface area (Å²) in [6.07, 6.45) is 0. The predicted octanol–water partition coefficient (Wildman–Crippen LogP) is 10.7. The number of aryl methyl sites for hydroxylation is 4. The van der Waals surface area contributed by atoms with Gasteiger partial charge in [-0.3, -0.25) is 0 Å². The van der Waals surface area contributed by atoms with Crippen molar-refractivity contribution in [2.45, 2.75) is 33.1 Å². The minimum atomic E-state index is -0.504. The van der Waals surface area contributed by atoms with Crippen LogP contribution < -0.4 is 0 Å². The molecule has 0 saturated carbocycles. The van der Waals surface area contributed by atoms with E-state index in [0.717, 1.165) is 43.6 Å². The normalized spacial score (nSPS) is 13.5. The SMILES string of the molecule is Cc1ccc2c(c1)C(c1ccc3nc4cc(C)ccc4cc3c1)(c1ccc3nc4cc(C)ccc4cc3c1)c1cc(C)ccc1-2. The van der Waals surface area contributed by atoms with Crippen molar-refractivity contribution in [3.63, 3.8) is 0 Å². The maximum absolute atomic E-state index is 5.09. The first-order valence-corrected chi connectivity index (χ1v) is 15.7. The Hall–Kier alpha value is -5.34. The van der Waals surface area contributed by atoms with E-state index in [-0.39, 0.29) is 0 Å². The molecule has 0 saturated heterocycles. The van der Waals surface area contributed by atoms with Gasteiger partial charge in [0, 0.05) is 21.5 Å². The zero-order valence-electron chi connectivity index (χ0n) is 25.9. The van der Waals surface area contributed by atoms with E-state index in [2.05, 4.69) is 149 Å². The van der Waals surface area contributed by atoms with Crippen molar-refractivity contribution in [2.24, 2.45) is 0 Å². The highest BCUT2D eigenvalue weighted by atomic mass is 14.7. The third-order valence-corrected chi connectivity index (χ3v) is 9.85. The van der Waals surface area contributed by atoms with Gasteiger partial charge >= 0.3 is 0 Å². The summed E-state index contributed by atoms with van der Waals surface area (Å²) in [6, 6.07) is 45.4. The zero-order valence-corrected chi connectivity index (χ0v) is 25.9. The van der Waals surface area contributed by atoms with Gasteiger partial charge in [-0.25, -0.2) is 9.97 Å². The molecule has 214 valence electrons. The highest BCUT2D eigenvalue weighted by Gasteiger charge is 2.46. The van der Waals surface area contributed by atoms with Crippen LogP contribution in [0.3, 0.4) is 0 Å². The van der Waals surface area contributed by atoms with Gasteiger partial charge in [-0.1, -0.05) is 83.9 Å². The zero-order chi connectivity index (χ0) is 30.4. The predicted molar refractivity (Wildman–Crippen MR) is 188 cm³/mol. The molecule has 0 atom stereocenters. The Bertz CT molecular complexity index is 2360. The number of fused-ring (bicyclic) bond motifs is 7. The maximum atomic E-state index is 5.09. The first-order chi connectivity index (χ1) is 21.9. The van der Waals surface area contributed by atoms with E-state index >= 15 is 0 Å². The Labute approximate surface area is 263 Å². The van der Waals surface area contributed by atoms with Crippen molar-refractivity contribution in [1.29, 1.82) is 0 Å². The Morgan fingerprint density at radius 3 is 1.24 bits per heavy atom. The van der Waals surface area contributed by atoms with Crippen LogP contribution in [0.1, 0.15) is 44.5 Å². The fourth-order valence-electron chi connectivity index (χ4n) is 7.69. The van der Waals surface area contributed by atoms with Crippen LogP contribution in [0.15, 0.2) is 121 Å². The molecule has 8 aromatic rings. The number of hydrogen-bond acceptors (Lipinski definition) is 2. The summed E-state index contributed by atoms with van der Waals surface area (Å²) >= 11 is 0. The van der Waals surface area contributed by atoms with Gasteiger partial charge in [-0.2, -0.15) is 0 Å². The van der Waals surface area contributed by atoms with E-state index in [9.17, 15) is 0 Å². The van der Waals surface area contributed by atoms with Crippen LogP contribution in [0, 0.1) is 27.7 Å². The fourth-order valence-corrected chi connectivity index (χ4v) is 7.69. The first kappa shape index (κ1) is 26.1. The molecule has 0 bridgehead atoms. The fraction of sp³-hybridized carbons (Fsp3) is 0.116. The van der Waals surface area contributed by atoms with E-state index in [4.69, 9.17) is 9.97 Å². The summed E-state index contributed by atoms with van der Waals surface area (Å²) in [5.41, 5.74) is 16.3. The van der Waals surface area contributed by atoms with Crippen molar-refractivity contribution in [1.82, 2.24) is 9.97 Å². The molecule has 0 spiro atoms. The molecule has 0 radical (unpaired) electrons. The van der Waals surface area contributed by atoms with Crippen LogP contribution in [0.2, 0.25) is 0 Å². The van der Waals surface area contributed by atoms with Crippen LogP contribution in [-0.4, -0.2) is 9.97 Å². The van der Waals surface area contributed by atoms with Gasteiger partial charge < -0.3 is 0 Å². The smallest absolute Gasteiger partial charge is 0.0714 e. The van der Waals surface area contributed by atoms with Crippen molar-refractivity contribution in [3.8, 4) is 11.1 Å². The Morgan fingerprint density at radius 2 is 0.778 bits per heavy atom. The number of pyridine rings is 2. The lowest BCUT2D eigenvalue weighted by Crippen LogP contribution is -2.29. The van der Waals surface area contributed by atoms with Gasteiger partial charge in [0.1, 0.15) is 0 Å². The second kappa shape index (κ2) is 9.33. The number of benzene rings is 6. The molecular weight excluding hydrogens is 544 g/mol. The minimum absolute atomic E-state index is 0.504. The molecule has 2 aromatic heterocycles. The average molecular weight is 577 g/mol. The highest BCUT2D eigenvalue weighted by molar-refractivity contribution is 5.97. The van der Waals surface area contributed by atoms with Crippen LogP contribution in [0.4, 0.5) is 0 Å². The van der Waals surface area contributed by atoms with Crippen molar-refractivity contribution < 1.29 is 0 Å². The third kappa shape index (κ3) is 3.82. The minimum Gasteiger partial charge on any atom is -0.248 e. The van der Waals surface area contributed by atoms with Crippen molar-refractivity contribution in [2.75, 3.05) is 0 Å². The molecule has 45 heavy (non-hydrogen) atoms.